The highest BCUT2D eigenvalue weighted by atomic mass is 35.5. The van der Waals surface area contributed by atoms with Crippen molar-refractivity contribution in [2.75, 3.05) is 44.6 Å². The predicted molar refractivity (Wildman–Crippen MR) is 94.8 cm³/mol. The molecule has 2 fully saturated rings. The molecule has 122 valence electrons. The molecule has 2 heterocycles. The number of benzene rings is 1. The number of nitrogens with zero attached hydrogens (tertiary/aromatic N) is 2. The van der Waals surface area contributed by atoms with Crippen LogP contribution in [0.4, 0.5) is 5.69 Å². The average Bonchev–Trinajstić information content (AvgIpc) is 2.54. The van der Waals surface area contributed by atoms with Gasteiger partial charge in [-0.3, -0.25) is 4.90 Å². The third-order valence-electron chi connectivity index (χ3n) is 4.98. The van der Waals surface area contributed by atoms with Gasteiger partial charge >= 0.3 is 0 Å². The summed E-state index contributed by atoms with van der Waals surface area (Å²) in [5, 5.41) is 4.26. The van der Waals surface area contributed by atoms with Gasteiger partial charge in [0.1, 0.15) is 0 Å². The van der Waals surface area contributed by atoms with E-state index < -0.39 is 0 Å². The van der Waals surface area contributed by atoms with Gasteiger partial charge in [0, 0.05) is 42.9 Å². The second-order valence-corrected chi connectivity index (χ2v) is 7.07. The Balaban J connectivity index is 1.30. The smallest absolute Gasteiger partial charge is 0.0426 e. The molecule has 0 bridgehead atoms. The van der Waals surface area contributed by atoms with Crippen molar-refractivity contribution in [2.45, 2.75) is 38.1 Å². The Morgan fingerprint density at radius 2 is 2.09 bits per heavy atom. The SMILES string of the molecule is Clc1cccc(NCCCCN2CCN3CCCCC3C2)c1. The summed E-state index contributed by atoms with van der Waals surface area (Å²) in [5.74, 6) is 0. The van der Waals surface area contributed by atoms with Crippen molar-refractivity contribution in [1.82, 2.24) is 9.80 Å². The van der Waals surface area contributed by atoms with Gasteiger partial charge in [-0.05, 0) is 57.0 Å². The number of piperazine rings is 1. The van der Waals surface area contributed by atoms with Gasteiger partial charge in [-0.25, -0.2) is 0 Å². The highest BCUT2D eigenvalue weighted by molar-refractivity contribution is 6.30. The van der Waals surface area contributed by atoms with Crippen molar-refractivity contribution in [3.05, 3.63) is 29.3 Å². The summed E-state index contributed by atoms with van der Waals surface area (Å²) in [4.78, 5) is 5.38. The lowest BCUT2D eigenvalue weighted by Gasteiger charge is -2.44. The summed E-state index contributed by atoms with van der Waals surface area (Å²) in [7, 11) is 0. The quantitative estimate of drug-likeness (QED) is 0.806. The van der Waals surface area contributed by atoms with E-state index in [1.165, 1.54) is 64.8 Å². The van der Waals surface area contributed by atoms with Crippen molar-refractivity contribution in [3.8, 4) is 0 Å². The number of fused-ring (bicyclic) bond motifs is 1. The highest BCUT2D eigenvalue weighted by Crippen LogP contribution is 2.21. The maximum Gasteiger partial charge on any atom is 0.0426 e. The number of piperidine rings is 1. The van der Waals surface area contributed by atoms with Crippen LogP contribution in [0.2, 0.25) is 5.02 Å². The van der Waals surface area contributed by atoms with Crippen LogP contribution in [-0.4, -0.2) is 55.1 Å². The van der Waals surface area contributed by atoms with E-state index in [4.69, 9.17) is 11.6 Å². The number of hydrogen-bond donors (Lipinski definition) is 1. The van der Waals surface area contributed by atoms with E-state index in [0.717, 1.165) is 23.3 Å². The molecule has 0 amide bonds. The lowest BCUT2D eigenvalue weighted by molar-refractivity contribution is 0.0488. The average molecular weight is 322 g/mol. The molecule has 3 rings (SSSR count). The van der Waals surface area contributed by atoms with Crippen LogP contribution in [0.25, 0.3) is 0 Å². The van der Waals surface area contributed by atoms with E-state index in [9.17, 15) is 0 Å². The molecule has 2 aliphatic heterocycles. The van der Waals surface area contributed by atoms with Crippen LogP contribution >= 0.6 is 11.6 Å². The van der Waals surface area contributed by atoms with Crippen molar-refractivity contribution in [1.29, 1.82) is 0 Å². The number of anilines is 1. The van der Waals surface area contributed by atoms with E-state index in [1.807, 2.05) is 18.2 Å². The molecule has 0 spiro atoms. The summed E-state index contributed by atoms with van der Waals surface area (Å²) in [6.45, 7) is 7.46. The second-order valence-electron chi connectivity index (χ2n) is 6.63. The van der Waals surface area contributed by atoms with E-state index in [1.54, 1.807) is 0 Å². The standard InChI is InChI=1S/C18H28ClN3/c19-16-6-5-7-17(14-16)20-9-2-4-10-21-12-13-22-11-3-1-8-18(22)15-21/h5-7,14,18,20H,1-4,8-13,15H2. The normalized spacial score (nSPS) is 23.2. The van der Waals surface area contributed by atoms with E-state index in [0.29, 0.717) is 0 Å². The first kappa shape index (κ1) is 16.1. The minimum absolute atomic E-state index is 0.801. The first-order valence-corrected chi connectivity index (χ1v) is 9.15. The molecule has 2 saturated heterocycles. The number of nitrogens with one attached hydrogen (secondary N) is 1. The molecule has 1 aromatic carbocycles. The van der Waals surface area contributed by atoms with Gasteiger partial charge in [0.2, 0.25) is 0 Å². The Hall–Kier alpha value is -0.770. The Bertz CT molecular complexity index is 465. The topological polar surface area (TPSA) is 18.5 Å². The molecule has 3 nitrogen and oxygen atoms in total. The number of unbranched alkanes of at least 4 members (excludes halogenated alkanes) is 1. The predicted octanol–water partition coefficient (Wildman–Crippen LogP) is 3.70. The van der Waals surface area contributed by atoms with Crippen LogP contribution in [0.1, 0.15) is 32.1 Å². The van der Waals surface area contributed by atoms with Gasteiger partial charge in [0.15, 0.2) is 0 Å². The van der Waals surface area contributed by atoms with Crippen LogP contribution in [0.15, 0.2) is 24.3 Å². The summed E-state index contributed by atoms with van der Waals surface area (Å²) in [6, 6.07) is 8.82. The monoisotopic (exact) mass is 321 g/mol. The van der Waals surface area contributed by atoms with Crippen molar-refractivity contribution in [2.24, 2.45) is 0 Å². The molecule has 0 aliphatic carbocycles. The lowest BCUT2D eigenvalue weighted by atomic mass is 9.99. The zero-order valence-electron chi connectivity index (χ0n) is 13.4. The van der Waals surface area contributed by atoms with Gasteiger partial charge in [-0.1, -0.05) is 24.1 Å². The van der Waals surface area contributed by atoms with Crippen LogP contribution < -0.4 is 5.32 Å². The fourth-order valence-electron chi connectivity index (χ4n) is 3.72. The number of halogens is 1. The molecule has 0 aromatic heterocycles. The van der Waals surface area contributed by atoms with Gasteiger partial charge in [0.05, 0.1) is 0 Å². The number of hydrogen-bond acceptors (Lipinski definition) is 3. The molecule has 0 saturated carbocycles. The molecule has 1 N–H and O–H groups in total. The van der Waals surface area contributed by atoms with Crippen LogP contribution in [0.5, 0.6) is 0 Å². The van der Waals surface area contributed by atoms with Crippen molar-refractivity contribution < 1.29 is 0 Å². The number of rotatable bonds is 6. The Morgan fingerprint density at radius 3 is 3.00 bits per heavy atom. The molecule has 1 unspecified atom stereocenters. The van der Waals surface area contributed by atoms with Gasteiger partial charge in [0.25, 0.3) is 0 Å². The molecule has 2 aliphatic rings. The molecule has 0 radical (unpaired) electrons. The summed E-state index contributed by atoms with van der Waals surface area (Å²) in [6.07, 6.45) is 6.74. The molecular weight excluding hydrogens is 294 g/mol. The van der Waals surface area contributed by atoms with E-state index in [2.05, 4.69) is 21.2 Å². The third-order valence-corrected chi connectivity index (χ3v) is 5.21. The Morgan fingerprint density at radius 1 is 1.14 bits per heavy atom. The fraction of sp³-hybridized carbons (Fsp3) is 0.667. The van der Waals surface area contributed by atoms with Crippen LogP contribution in [0.3, 0.4) is 0 Å². The maximum atomic E-state index is 5.99. The van der Waals surface area contributed by atoms with Gasteiger partial charge in [-0.2, -0.15) is 0 Å². The van der Waals surface area contributed by atoms with E-state index in [-0.39, 0.29) is 0 Å². The Labute approximate surface area is 139 Å². The molecular formula is C18H28ClN3. The molecule has 1 aromatic rings. The van der Waals surface area contributed by atoms with Crippen molar-refractivity contribution in [3.63, 3.8) is 0 Å². The third kappa shape index (κ3) is 4.61. The Kier molecular flexibility index (Phi) is 5.99. The summed E-state index contributed by atoms with van der Waals surface area (Å²) >= 11 is 5.99. The maximum absolute atomic E-state index is 5.99. The van der Waals surface area contributed by atoms with Gasteiger partial charge in [-0.15, -0.1) is 0 Å². The largest absolute Gasteiger partial charge is 0.385 e. The summed E-state index contributed by atoms with van der Waals surface area (Å²) < 4.78 is 0. The fourth-order valence-corrected chi connectivity index (χ4v) is 3.91. The highest BCUT2D eigenvalue weighted by Gasteiger charge is 2.28. The lowest BCUT2D eigenvalue weighted by Crippen LogP contribution is -2.54. The molecule has 4 heteroatoms. The zero-order chi connectivity index (χ0) is 15.2. The zero-order valence-corrected chi connectivity index (χ0v) is 14.2. The van der Waals surface area contributed by atoms with E-state index >= 15 is 0 Å². The first-order chi connectivity index (χ1) is 10.8. The second kappa shape index (κ2) is 8.19. The molecule has 1 atom stereocenters. The first-order valence-electron chi connectivity index (χ1n) is 8.77. The van der Waals surface area contributed by atoms with Crippen LogP contribution in [0, 0.1) is 0 Å². The van der Waals surface area contributed by atoms with Crippen molar-refractivity contribution >= 4 is 17.3 Å². The minimum Gasteiger partial charge on any atom is -0.385 e. The van der Waals surface area contributed by atoms with Gasteiger partial charge < -0.3 is 10.2 Å². The molecule has 22 heavy (non-hydrogen) atoms. The summed E-state index contributed by atoms with van der Waals surface area (Å²) in [5.41, 5.74) is 1.13. The minimum atomic E-state index is 0.801. The van der Waals surface area contributed by atoms with Crippen LogP contribution in [-0.2, 0) is 0 Å².